The van der Waals surface area contributed by atoms with Crippen molar-refractivity contribution in [3.05, 3.63) is 22.8 Å². The summed E-state index contributed by atoms with van der Waals surface area (Å²) >= 11 is 1.61. The summed E-state index contributed by atoms with van der Waals surface area (Å²) in [6.07, 6.45) is 2.01. The lowest BCUT2D eigenvalue weighted by molar-refractivity contribution is 0.256. The summed E-state index contributed by atoms with van der Waals surface area (Å²) in [5, 5.41) is 3.98. The molecule has 0 aromatic rings. The molecular formula is C8H14N2S. The molecule has 1 rings (SSSR count). The molecule has 0 spiro atoms. The van der Waals surface area contributed by atoms with Crippen molar-refractivity contribution in [1.82, 2.24) is 4.90 Å². The van der Waals surface area contributed by atoms with Crippen LogP contribution in [0.4, 0.5) is 0 Å². The second kappa shape index (κ2) is 2.81. The van der Waals surface area contributed by atoms with E-state index >= 15 is 0 Å². The van der Waals surface area contributed by atoms with Crippen LogP contribution in [0, 0.1) is 0 Å². The van der Waals surface area contributed by atoms with Gasteiger partial charge in [0.15, 0.2) is 0 Å². The molecule has 1 heterocycles. The van der Waals surface area contributed by atoms with Crippen LogP contribution < -0.4 is 5.73 Å². The van der Waals surface area contributed by atoms with Gasteiger partial charge in [0.1, 0.15) is 5.82 Å². The minimum atomic E-state index is 0.0814. The number of hydrogen-bond acceptors (Lipinski definition) is 3. The van der Waals surface area contributed by atoms with E-state index in [1.807, 2.05) is 17.0 Å². The lowest BCUT2D eigenvalue weighted by Gasteiger charge is -2.35. The van der Waals surface area contributed by atoms with Crippen molar-refractivity contribution >= 4 is 11.8 Å². The van der Waals surface area contributed by atoms with Crippen LogP contribution in [0.1, 0.15) is 20.8 Å². The predicted octanol–water partition coefficient (Wildman–Crippen LogP) is 2.06. The van der Waals surface area contributed by atoms with E-state index in [9.17, 15) is 0 Å². The molecule has 0 aliphatic carbocycles. The van der Waals surface area contributed by atoms with Gasteiger partial charge < -0.3 is 10.6 Å². The monoisotopic (exact) mass is 170 g/mol. The minimum absolute atomic E-state index is 0.0814. The van der Waals surface area contributed by atoms with Gasteiger partial charge in [0, 0.05) is 17.1 Å². The van der Waals surface area contributed by atoms with Gasteiger partial charge in [-0.3, -0.25) is 0 Å². The fourth-order valence-electron chi connectivity index (χ4n) is 0.959. The maximum absolute atomic E-state index is 5.78. The summed E-state index contributed by atoms with van der Waals surface area (Å²) in [6.45, 7) is 6.40. The zero-order valence-corrected chi connectivity index (χ0v) is 7.98. The largest absolute Gasteiger partial charge is 0.385 e. The van der Waals surface area contributed by atoms with E-state index in [2.05, 4.69) is 25.7 Å². The third-order valence-corrected chi connectivity index (χ3v) is 2.13. The van der Waals surface area contributed by atoms with Gasteiger partial charge in [-0.2, -0.15) is 0 Å². The third kappa shape index (κ3) is 1.93. The van der Waals surface area contributed by atoms with Crippen LogP contribution in [0.15, 0.2) is 22.8 Å². The van der Waals surface area contributed by atoms with E-state index in [1.165, 1.54) is 0 Å². The van der Waals surface area contributed by atoms with Crippen LogP contribution in [-0.4, -0.2) is 10.4 Å². The van der Waals surface area contributed by atoms with Gasteiger partial charge in [0.05, 0.1) is 0 Å². The zero-order chi connectivity index (χ0) is 8.48. The Morgan fingerprint density at radius 1 is 1.45 bits per heavy atom. The van der Waals surface area contributed by atoms with Gasteiger partial charge in [-0.25, -0.2) is 0 Å². The van der Waals surface area contributed by atoms with Gasteiger partial charge >= 0.3 is 0 Å². The number of hydrogen-bond donors (Lipinski definition) is 1. The maximum atomic E-state index is 5.78. The first kappa shape index (κ1) is 8.53. The lowest BCUT2D eigenvalue weighted by Crippen LogP contribution is -2.39. The Bertz CT molecular complexity index is 201. The van der Waals surface area contributed by atoms with Crippen molar-refractivity contribution in [2.24, 2.45) is 5.73 Å². The van der Waals surface area contributed by atoms with E-state index < -0.39 is 0 Å². The first-order chi connectivity index (χ1) is 5.02. The van der Waals surface area contributed by atoms with E-state index in [0.717, 1.165) is 5.82 Å². The highest BCUT2D eigenvalue weighted by Crippen LogP contribution is 2.24. The van der Waals surface area contributed by atoms with Crippen molar-refractivity contribution in [1.29, 1.82) is 0 Å². The topological polar surface area (TPSA) is 29.3 Å². The molecule has 0 saturated heterocycles. The second-order valence-corrected chi connectivity index (χ2v) is 4.28. The molecule has 0 atom stereocenters. The zero-order valence-electron chi connectivity index (χ0n) is 7.16. The van der Waals surface area contributed by atoms with Crippen molar-refractivity contribution in [2.45, 2.75) is 26.3 Å². The van der Waals surface area contributed by atoms with Crippen LogP contribution in [0.5, 0.6) is 0 Å². The first-order valence-corrected chi connectivity index (χ1v) is 4.53. The van der Waals surface area contributed by atoms with E-state index in [1.54, 1.807) is 11.8 Å². The average Bonchev–Trinajstić information content (AvgIpc) is 1.86. The normalized spacial score (nSPS) is 18.5. The van der Waals surface area contributed by atoms with Crippen molar-refractivity contribution in [3.63, 3.8) is 0 Å². The lowest BCUT2D eigenvalue weighted by atomic mass is 10.1. The molecule has 0 amide bonds. The van der Waals surface area contributed by atoms with E-state index in [-0.39, 0.29) is 5.54 Å². The Morgan fingerprint density at radius 2 is 2.09 bits per heavy atom. The Morgan fingerprint density at radius 3 is 2.45 bits per heavy atom. The van der Waals surface area contributed by atoms with Crippen molar-refractivity contribution in [2.75, 3.05) is 0 Å². The number of nitrogens with two attached hydrogens (primary N) is 1. The fourth-order valence-corrected chi connectivity index (χ4v) is 1.48. The molecule has 62 valence electrons. The van der Waals surface area contributed by atoms with Crippen LogP contribution in [0.2, 0.25) is 0 Å². The summed E-state index contributed by atoms with van der Waals surface area (Å²) < 4.78 is 0. The van der Waals surface area contributed by atoms with Crippen LogP contribution in [0.3, 0.4) is 0 Å². The maximum Gasteiger partial charge on any atom is 0.110 e. The van der Waals surface area contributed by atoms with Crippen molar-refractivity contribution in [3.8, 4) is 0 Å². The molecule has 2 nitrogen and oxygen atoms in total. The Labute approximate surface area is 72.1 Å². The highest BCUT2D eigenvalue weighted by atomic mass is 32.2. The average molecular weight is 170 g/mol. The summed E-state index contributed by atoms with van der Waals surface area (Å²) in [4.78, 5) is 2.06. The first-order valence-electron chi connectivity index (χ1n) is 3.59. The van der Waals surface area contributed by atoms with Gasteiger partial charge in [0.25, 0.3) is 0 Å². The van der Waals surface area contributed by atoms with Crippen LogP contribution in [-0.2, 0) is 0 Å². The molecule has 0 saturated carbocycles. The molecular weight excluding hydrogens is 156 g/mol. The molecule has 1 aliphatic rings. The smallest absolute Gasteiger partial charge is 0.110 e. The molecule has 3 heteroatoms. The summed E-state index contributed by atoms with van der Waals surface area (Å²) in [7, 11) is 0. The van der Waals surface area contributed by atoms with E-state index in [0.29, 0.717) is 0 Å². The number of nitrogens with zero attached hydrogens (tertiary/aromatic N) is 1. The minimum Gasteiger partial charge on any atom is -0.385 e. The molecule has 0 unspecified atom stereocenters. The molecule has 0 radical (unpaired) electrons. The Kier molecular flexibility index (Phi) is 2.18. The molecule has 2 N–H and O–H groups in total. The molecule has 0 aromatic heterocycles. The predicted molar refractivity (Wildman–Crippen MR) is 50.6 cm³/mol. The molecule has 0 aromatic carbocycles. The Balaban J connectivity index is 2.79. The van der Waals surface area contributed by atoms with Crippen LogP contribution in [0.25, 0.3) is 0 Å². The highest BCUT2D eigenvalue weighted by molar-refractivity contribution is 8.04. The molecule has 0 fully saturated rings. The SMILES string of the molecule is CC(C)(C)N1C=CSC=C1N. The summed E-state index contributed by atoms with van der Waals surface area (Å²) in [5.74, 6) is 0.824. The summed E-state index contributed by atoms with van der Waals surface area (Å²) in [6, 6.07) is 0. The standard InChI is InChI=1S/C8H14N2S/c1-8(2,3)10-4-5-11-6-7(10)9/h4-6H,9H2,1-3H3. The van der Waals surface area contributed by atoms with Gasteiger partial charge in [-0.05, 0) is 26.2 Å². The van der Waals surface area contributed by atoms with Gasteiger partial charge in [0.2, 0.25) is 0 Å². The Hall–Kier alpha value is -0.570. The van der Waals surface area contributed by atoms with Crippen LogP contribution >= 0.6 is 11.8 Å². The molecule has 11 heavy (non-hydrogen) atoms. The van der Waals surface area contributed by atoms with Gasteiger partial charge in [-0.15, -0.1) is 11.8 Å². The highest BCUT2D eigenvalue weighted by Gasteiger charge is 2.20. The third-order valence-electron chi connectivity index (χ3n) is 1.48. The second-order valence-electron chi connectivity index (χ2n) is 3.50. The van der Waals surface area contributed by atoms with Crippen molar-refractivity contribution < 1.29 is 0 Å². The number of thioether (sulfide) groups is 1. The molecule has 1 aliphatic heterocycles. The fraction of sp³-hybridized carbons (Fsp3) is 0.500. The quantitative estimate of drug-likeness (QED) is 0.603. The van der Waals surface area contributed by atoms with E-state index in [4.69, 9.17) is 5.73 Å². The summed E-state index contributed by atoms with van der Waals surface area (Å²) in [5.41, 5.74) is 5.86. The molecule has 0 bridgehead atoms. The van der Waals surface area contributed by atoms with Gasteiger partial charge in [-0.1, -0.05) is 0 Å². The number of rotatable bonds is 0.